The van der Waals surface area contributed by atoms with Gasteiger partial charge in [-0.25, -0.2) is 4.79 Å². The Morgan fingerprint density at radius 3 is 2.36 bits per heavy atom. The summed E-state index contributed by atoms with van der Waals surface area (Å²) in [5.41, 5.74) is 1.55. The van der Waals surface area contributed by atoms with Crippen molar-refractivity contribution >= 4 is 29.1 Å². The molecule has 1 saturated heterocycles. The third kappa shape index (κ3) is 5.23. The Hall–Kier alpha value is -4.59. The Morgan fingerprint density at radius 2 is 1.72 bits per heavy atom. The number of aliphatic hydroxyl groups excluding tert-OH is 1. The van der Waals surface area contributed by atoms with Crippen LogP contribution in [-0.2, 0) is 19.7 Å². The summed E-state index contributed by atoms with van der Waals surface area (Å²) in [6, 6.07) is 16.5. The van der Waals surface area contributed by atoms with Crippen LogP contribution < -0.4 is 9.64 Å². The summed E-state index contributed by atoms with van der Waals surface area (Å²) in [5.74, 6) is -2.54. The van der Waals surface area contributed by atoms with Crippen LogP contribution in [0.1, 0.15) is 60.8 Å². The number of amides is 1. The van der Waals surface area contributed by atoms with E-state index < -0.39 is 29.5 Å². The zero-order valence-electron chi connectivity index (χ0n) is 22.5. The molecular formula is C31H31NO7. The maximum absolute atomic E-state index is 13.6. The number of ether oxygens (including phenoxy) is 2. The van der Waals surface area contributed by atoms with E-state index in [4.69, 9.17) is 9.47 Å². The molecule has 0 saturated carbocycles. The zero-order valence-corrected chi connectivity index (χ0v) is 22.5. The van der Waals surface area contributed by atoms with Crippen molar-refractivity contribution in [1.29, 1.82) is 0 Å². The summed E-state index contributed by atoms with van der Waals surface area (Å²) in [6.45, 7) is 7.90. The predicted octanol–water partition coefficient (Wildman–Crippen LogP) is 5.50. The SMILES string of the molecule is CCOC(=O)c1cccc(N2C(=O)C(=O)/C(=C(/O)c3cc(C(C)(C)C)ccc3OC)C2c2cccc(O)c2)c1. The van der Waals surface area contributed by atoms with Crippen molar-refractivity contribution in [2.75, 3.05) is 18.6 Å². The van der Waals surface area contributed by atoms with Gasteiger partial charge in [0.05, 0.1) is 36.5 Å². The van der Waals surface area contributed by atoms with Gasteiger partial charge in [0.15, 0.2) is 0 Å². The number of aromatic hydroxyl groups is 1. The van der Waals surface area contributed by atoms with E-state index in [2.05, 4.69) is 0 Å². The van der Waals surface area contributed by atoms with Gasteiger partial charge in [-0.15, -0.1) is 0 Å². The topological polar surface area (TPSA) is 113 Å². The van der Waals surface area contributed by atoms with Gasteiger partial charge in [-0.3, -0.25) is 14.5 Å². The van der Waals surface area contributed by atoms with E-state index in [0.29, 0.717) is 11.3 Å². The van der Waals surface area contributed by atoms with Gasteiger partial charge < -0.3 is 19.7 Å². The maximum atomic E-state index is 13.6. The Morgan fingerprint density at radius 1 is 1.00 bits per heavy atom. The first-order valence-electron chi connectivity index (χ1n) is 12.5. The molecule has 1 fully saturated rings. The van der Waals surface area contributed by atoms with Crippen LogP contribution in [0.25, 0.3) is 5.76 Å². The first-order valence-corrected chi connectivity index (χ1v) is 12.5. The van der Waals surface area contributed by atoms with E-state index in [1.165, 1.54) is 30.2 Å². The second kappa shape index (κ2) is 10.6. The Labute approximate surface area is 227 Å². The Bertz CT molecular complexity index is 1480. The molecule has 202 valence electrons. The number of methoxy groups -OCH3 is 1. The van der Waals surface area contributed by atoms with Gasteiger partial charge in [0.1, 0.15) is 17.3 Å². The first-order chi connectivity index (χ1) is 18.5. The number of carbonyl (C=O) groups is 3. The summed E-state index contributed by atoms with van der Waals surface area (Å²) in [7, 11) is 1.45. The number of phenols is 1. The van der Waals surface area contributed by atoms with E-state index in [1.54, 1.807) is 49.4 Å². The predicted molar refractivity (Wildman–Crippen MR) is 147 cm³/mol. The molecule has 0 spiro atoms. The summed E-state index contributed by atoms with van der Waals surface area (Å²) in [4.78, 5) is 40.7. The van der Waals surface area contributed by atoms with E-state index in [0.717, 1.165) is 5.56 Å². The normalized spacial score (nSPS) is 16.8. The molecule has 1 unspecified atom stereocenters. The van der Waals surface area contributed by atoms with Gasteiger partial charge in [-0.2, -0.15) is 0 Å². The monoisotopic (exact) mass is 529 g/mol. The van der Waals surface area contributed by atoms with E-state index >= 15 is 0 Å². The molecule has 0 aromatic heterocycles. The van der Waals surface area contributed by atoms with Crippen molar-refractivity contribution in [1.82, 2.24) is 0 Å². The molecule has 1 amide bonds. The molecule has 39 heavy (non-hydrogen) atoms. The van der Waals surface area contributed by atoms with Crippen LogP contribution in [0.15, 0.2) is 72.3 Å². The lowest BCUT2D eigenvalue weighted by Crippen LogP contribution is -2.29. The highest BCUT2D eigenvalue weighted by Gasteiger charge is 2.47. The van der Waals surface area contributed by atoms with Crippen molar-refractivity contribution < 1.29 is 34.1 Å². The molecule has 8 heteroatoms. The number of aliphatic hydroxyl groups is 1. The molecule has 0 bridgehead atoms. The van der Waals surface area contributed by atoms with Gasteiger partial charge in [-0.05, 0) is 65.9 Å². The minimum Gasteiger partial charge on any atom is -0.508 e. The van der Waals surface area contributed by atoms with Crippen molar-refractivity contribution in [3.05, 3.63) is 94.6 Å². The lowest BCUT2D eigenvalue weighted by molar-refractivity contribution is -0.132. The van der Waals surface area contributed by atoms with E-state index in [1.807, 2.05) is 26.8 Å². The molecule has 1 aliphatic heterocycles. The average molecular weight is 530 g/mol. The van der Waals surface area contributed by atoms with Gasteiger partial charge in [0, 0.05) is 5.69 Å². The molecule has 1 atom stereocenters. The van der Waals surface area contributed by atoms with Crippen LogP contribution in [0, 0.1) is 0 Å². The van der Waals surface area contributed by atoms with Gasteiger partial charge >= 0.3 is 5.97 Å². The number of esters is 1. The van der Waals surface area contributed by atoms with Crippen LogP contribution in [0.2, 0.25) is 0 Å². The second-order valence-electron chi connectivity index (χ2n) is 10.2. The lowest BCUT2D eigenvalue weighted by atomic mass is 9.85. The number of hydrogen-bond acceptors (Lipinski definition) is 7. The molecule has 3 aromatic rings. The number of benzene rings is 3. The number of nitrogens with zero attached hydrogens (tertiary/aromatic N) is 1. The van der Waals surface area contributed by atoms with Gasteiger partial charge in [0.2, 0.25) is 0 Å². The smallest absolute Gasteiger partial charge is 0.338 e. The maximum Gasteiger partial charge on any atom is 0.338 e. The second-order valence-corrected chi connectivity index (χ2v) is 10.2. The number of Topliss-reactive ketones (excluding diaryl/α,β-unsaturated/α-hetero) is 1. The van der Waals surface area contributed by atoms with E-state index in [9.17, 15) is 24.6 Å². The van der Waals surface area contributed by atoms with Crippen LogP contribution in [-0.4, -0.2) is 41.6 Å². The van der Waals surface area contributed by atoms with Crippen LogP contribution >= 0.6 is 0 Å². The molecule has 4 rings (SSSR count). The number of carbonyl (C=O) groups excluding carboxylic acids is 3. The molecule has 2 N–H and O–H groups in total. The van der Waals surface area contributed by atoms with Crippen molar-refractivity contribution in [2.24, 2.45) is 0 Å². The zero-order chi connectivity index (χ0) is 28.5. The molecule has 3 aromatic carbocycles. The molecular weight excluding hydrogens is 498 g/mol. The Kier molecular flexibility index (Phi) is 7.49. The molecule has 1 heterocycles. The van der Waals surface area contributed by atoms with Crippen molar-refractivity contribution in [2.45, 2.75) is 39.2 Å². The highest BCUT2D eigenvalue weighted by molar-refractivity contribution is 6.51. The summed E-state index contributed by atoms with van der Waals surface area (Å²) in [6.07, 6.45) is 0. The number of hydrogen-bond donors (Lipinski definition) is 2. The minimum absolute atomic E-state index is 0.0781. The number of ketones is 1. The van der Waals surface area contributed by atoms with Crippen molar-refractivity contribution in [3.8, 4) is 11.5 Å². The summed E-state index contributed by atoms with van der Waals surface area (Å²) >= 11 is 0. The fourth-order valence-electron chi connectivity index (χ4n) is 4.61. The summed E-state index contributed by atoms with van der Waals surface area (Å²) < 4.78 is 10.6. The fourth-order valence-corrected chi connectivity index (χ4v) is 4.61. The molecule has 0 aliphatic carbocycles. The fraction of sp³-hybridized carbons (Fsp3) is 0.258. The van der Waals surface area contributed by atoms with E-state index in [-0.39, 0.29) is 40.2 Å². The third-order valence-corrected chi connectivity index (χ3v) is 6.59. The molecule has 1 aliphatic rings. The third-order valence-electron chi connectivity index (χ3n) is 6.59. The highest BCUT2D eigenvalue weighted by Crippen LogP contribution is 2.44. The van der Waals surface area contributed by atoms with Crippen LogP contribution in [0.4, 0.5) is 5.69 Å². The lowest BCUT2D eigenvalue weighted by Gasteiger charge is -2.26. The highest BCUT2D eigenvalue weighted by atomic mass is 16.5. The molecule has 0 radical (unpaired) electrons. The minimum atomic E-state index is -1.10. The largest absolute Gasteiger partial charge is 0.508 e. The van der Waals surface area contributed by atoms with Crippen LogP contribution in [0.3, 0.4) is 0 Å². The average Bonchev–Trinajstić information content (AvgIpc) is 3.17. The Balaban J connectivity index is 1.98. The number of rotatable bonds is 6. The van der Waals surface area contributed by atoms with Gasteiger partial charge in [-0.1, -0.05) is 45.0 Å². The first kappa shape index (κ1) is 27.4. The standard InChI is InChI=1S/C31H31NO7/c1-6-39-30(37)19-10-7-11-21(15-19)32-26(18-9-8-12-22(33)16-18)25(28(35)29(32)36)27(34)23-17-20(31(2,3)4)13-14-24(23)38-5/h7-17,26,33-34H,6H2,1-5H3/b27-25+. The molecule has 8 nitrogen and oxygen atoms in total. The number of anilines is 1. The number of phenolic OH excluding ortho intramolecular Hbond substituents is 1. The summed E-state index contributed by atoms with van der Waals surface area (Å²) in [5, 5.41) is 21.9. The quantitative estimate of drug-likeness (QED) is 0.188. The van der Waals surface area contributed by atoms with Gasteiger partial charge in [0.25, 0.3) is 11.7 Å². The van der Waals surface area contributed by atoms with Crippen molar-refractivity contribution in [3.63, 3.8) is 0 Å². The van der Waals surface area contributed by atoms with Crippen LogP contribution in [0.5, 0.6) is 11.5 Å².